The predicted octanol–water partition coefficient (Wildman–Crippen LogP) is 5.89. The van der Waals surface area contributed by atoms with Gasteiger partial charge in [0.2, 0.25) is 0 Å². The number of hydrogen-bond acceptors (Lipinski definition) is 0. The van der Waals surface area contributed by atoms with E-state index in [2.05, 4.69) is 35.0 Å². The zero-order valence-electron chi connectivity index (χ0n) is 11.1. The normalized spacial score (nSPS) is 12.5. The molecule has 0 aromatic heterocycles. The summed E-state index contributed by atoms with van der Waals surface area (Å²) in [7, 11) is 0. The van der Waals surface area contributed by atoms with Crippen LogP contribution in [-0.2, 0) is 0 Å². The highest BCUT2D eigenvalue weighted by Gasteiger charge is 2.19. The number of rotatable bonds is 2. The van der Waals surface area contributed by atoms with Crippen LogP contribution in [0.1, 0.15) is 32.6 Å². The van der Waals surface area contributed by atoms with Gasteiger partial charge in [0.25, 0.3) is 0 Å². The van der Waals surface area contributed by atoms with Crippen molar-refractivity contribution in [3.63, 3.8) is 0 Å². The van der Waals surface area contributed by atoms with Gasteiger partial charge in [-0.2, -0.15) is 0 Å². The fourth-order valence-electron chi connectivity index (χ4n) is 2.46. The van der Waals surface area contributed by atoms with Gasteiger partial charge >= 0.3 is 0 Å². The monoisotopic (exact) mass is 340 g/mol. The van der Waals surface area contributed by atoms with Crippen molar-refractivity contribution < 1.29 is 4.39 Å². The van der Waals surface area contributed by atoms with Crippen LogP contribution in [0.2, 0.25) is 5.02 Å². The van der Waals surface area contributed by atoms with Crippen LogP contribution in [0, 0.1) is 26.6 Å². The molecule has 0 aliphatic carbocycles. The van der Waals surface area contributed by atoms with Gasteiger partial charge in [-0.3, -0.25) is 0 Å². The molecule has 0 spiro atoms. The molecule has 0 radical (unpaired) electrons. The Labute approximate surface area is 126 Å². The van der Waals surface area contributed by atoms with Crippen LogP contribution < -0.4 is 0 Å². The van der Waals surface area contributed by atoms with Crippen molar-refractivity contribution in [2.24, 2.45) is 0 Å². The first-order valence-electron chi connectivity index (χ1n) is 6.07. The largest absolute Gasteiger partial charge is 0.207 e. The molecule has 0 bridgehead atoms. The standard InChI is InChI=1S/C16H15BrClF/c1-9-6-10(2)15(11(3)7-9)16(17)13-8-12(18)4-5-14(13)19/h4-8,16H,1-3H3. The quantitative estimate of drug-likeness (QED) is 0.598. The smallest absolute Gasteiger partial charge is 0.127 e. The highest BCUT2D eigenvalue weighted by Crippen LogP contribution is 2.37. The van der Waals surface area contributed by atoms with Crippen LogP contribution >= 0.6 is 27.5 Å². The lowest BCUT2D eigenvalue weighted by Gasteiger charge is -2.18. The summed E-state index contributed by atoms with van der Waals surface area (Å²) >= 11 is 9.57. The lowest BCUT2D eigenvalue weighted by molar-refractivity contribution is 0.613. The maximum Gasteiger partial charge on any atom is 0.127 e. The Morgan fingerprint density at radius 2 is 1.63 bits per heavy atom. The molecule has 0 saturated heterocycles. The SMILES string of the molecule is Cc1cc(C)c(C(Br)c2cc(Cl)ccc2F)c(C)c1. The third-order valence-electron chi connectivity index (χ3n) is 3.22. The Morgan fingerprint density at radius 1 is 1.05 bits per heavy atom. The van der Waals surface area contributed by atoms with E-state index in [0.717, 1.165) is 16.7 Å². The molecule has 0 fully saturated rings. The number of aryl methyl sites for hydroxylation is 3. The Hall–Kier alpha value is -0.860. The van der Waals surface area contributed by atoms with Gasteiger partial charge in [-0.15, -0.1) is 0 Å². The molecule has 0 heterocycles. The molecule has 1 atom stereocenters. The molecule has 3 heteroatoms. The molecule has 19 heavy (non-hydrogen) atoms. The van der Waals surface area contributed by atoms with Crippen molar-refractivity contribution in [1.29, 1.82) is 0 Å². The van der Waals surface area contributed by atoms with Crippen LogP contribution in [0.3, 0.4) is 0 Å². The van der Waals surface area contributed by atoms with Crippen LogP contribution in [0.15, 0.2) is 30.3 Å². The van der Waals surface area contributed by atoms with Crippen LogP contribution in [-0.4, -0.2) is 0 Å². The van der Waals surface area contributed by atoms with E-state index >= 15 is 0 Å². The van der Waals surface area contributed by atoms with E-state index in [1.54, 1.807) is 12.1 Å². The average molecular weight is 342 g/mol. The number of alkyl halides is 1. The number of halogens is 3. The van der Waals surface area contributed by atoms with E-state index in [1.165, 1.54) is 11.6 Å². The second-order valence-corrected chi connectivity index (χ2v) is 6.19. The summed E-state index contributed by atoms with van der Waals surface area (Å²) in [6.07, 6.45) is 0. The van der Waals surface area contributed by atoms with Crippen molar-refractivity contribution in [2.45, 2.75) is 25.6 Å². The highest BCUT2D eigenvalue weighted by molar-refractivity contribution is 9.09. The van der Waals surface area contributed by atoms with Crippen molar-refractivity contribution in [2.75, 3.05) is 0 Å². The van der Waals surface area contributed by atoms with E-state index in [4.69, 9.17) is 11.6 Å². The van der Waals surface area contributed by atoms with Crippen molar-refractivity contribution >= 4 is 27.5 Å². The van der Waals surface area contributed by atoms with Crippen molar-refractivity contribution in [3.8, 4) is 0 Å². The van der Waals surface area contributed by atoms with E-state index in [1.807, 2.05) is 13.8 Å². The summed E-state index contributed by atoms with van der Waals surface area (Å²) in [5.74, 6) is -0.245. The van der Waals surface area contributed by atoms with Gasteiger partial charge in [-0.25, -0.2) is 4.39 Å². The first-order valence-corrected chi connectivity index (χ1v) is 7.36. The maximum atomic E-state index is 14.0. The van der Waals surface area contributed by atoms with Crippen molar-refractivity contribution in [3.05, 3.63) is 69.0 Å². The van der Waals surface area contributed by atoms with Gasteiger partial charge < -0.3 is 0 Å². The minimum atomic E-state index is -0.245. The molecule has 2 aromatic carbocycles. The van der Waals surface area contributed by atoms with Gasteiger partial charge in [-0.1, -0.05) is 45.2 Å². The minimum Gasteiger partial charge on any atom is -0.207 e. The zero-order chi connectivity index (χ0) is 14.2. The first kappa shape index (κ1) is 14.5. The van der Waals surface area contributed by atoms with Gasteiger partial charge in [0.1, 0.15) is 5.82 Å². The van der Waals surface area contributed by atoms with E-state index < -0.39 is 0 Å². The first-order chi connectivity index (χ1) is 8.90. The molecule has 0 aliphatic heterocycles. The average Bonchev–Trinajstić information content (AvgIpc) is 2.30. The Kier molecular flexibility index (Phi) is 4.32. The maximum absolute atomic E-state index is 14.0. The lowest BCUT2D eigenvalue weighted by Crippen LogP contribution is -2.02. The second kappa shape index (κ2) is 5.64. The zero-order valence-corrected chi connectivity index (χ0v) is 13.4. The molecular weight excluding hydrogens is 327 g/mol. The number of benzene rings is 2. The third kappa shape index (κ3) is 3.01. The van der Waals surface area contributed by atoms with Crippen LogP contribution in [0.4, 0.5) is 4.39 Å². The molecule has 100 valence electrons. The van der Waals surface area contributed by atoms with Crippen LogP contribution in [0.25, 0.3) is 0 Å². The minimum absolute atomic E-state index is 0.188. The van der Waals surface area contributed by atoms with E-state index in [-0.39, 0.29) is 10.6 Å². The summed E-state index contributed by atoms with van der Waals surface area (Å²) in [5, 5.41) is 0.545. The fraction of sp³-hybridized carbons (Fsp3) is 0.250. The highest BCUT2D eigenvalue weighted by atomic mass is 79.9. The van der Waals surface area contributed by atoms with Gasteiger partial charge in [0.05, 0.1) is 4.83 Å². The molecular formula is C16H15BrClF. The summed E-state index contributed by atoms with van der Waals surface area (Å²) in [6, 6.07) is 8.87. The van der Waals surface area contributed by atoms with E-state index in [9.17, 15) is 4.39 Å². The molecule has 0 amide bonds. The summed E-state index contributed by atoms with van der Waals surface area (Å²) in [4.78, 5) is -0.188. The Balaban J connectivity index is 2.56. The molecule has 0 saturated carbocycles. The van der Waals surface area contributed by atoms with Gasteiger partial charge in [-0.05, 0) is 55.7 Å². The van der Waals surface area contributed by atoms with E-state index in [0.29, 0.717) is 10.6 Å². The Bertz CT molecular complexity index is 599. The van der Waals surface area contributed by atoms with Gasteiger partial charge in [0.15, 0.2) is 0 Å². The lowest BCUT2D eigenvalue weighted by atomic mass is 9.94. The molecule has 0 nitrogen and oxygen atoms in total. The summed E-state index contributed by atoms with van der Waals surface area (Å²) in [5.41, 5.74) is 5.19. The topological polar surface area (TPSA) is 0 Å². The summed E-state index contributed by atoms with van der Waals surface area (Å²) < 4.78 is 14.0. The third-order valence-corrected chi connectivity index (χ3v) is 4.41. The second-order valence-electron chi connectivity index (χ2n) is 4.84. The fourth-order valence-corrected chi connectivity index (χ4v) is 3.71. The predicted molar refractivity (Wildman–Crippen MR) is 82.8 cm³/mol. The summed E-state index contributed by atoms with van der Waals surface area (Å²) in [6.45, 7) is 6.16. The molecule has 0 N–H and O–H groups in total. The number of hydrogen-bond donors (Lipinski definition) is 0. The van der Waals surface area contributed by atoms with Crippen LogP contribution in [0.5, 0.6) is 0 Å². The molecule has 2 aromatic rings. The van der Waals surface area contributed by atoms with Gasteiger partial charge in [0, 0.05) is 10.6 Å². The van der Waals surface area contributed by atoms with Crippen molar-refractivity contribution in [1.82, 2.24) is 0 Å². The Morgan fingerprint density at radius 3 is 2.21 bits per heavy atom. The molecule has 1 unspecified atom stereocenters. The molecule has 0 aliphatic rings. The molecule has 2 rings (SSSR count).